The zero-order valence-corrected chi connectivity index (χ0v) is 17.8. The molecule has 2 aromatic carbocycles. The average molecular weight is 403 g/mol. The maximum atomic E-state index is 13.1. The van der Waals surface area contributed by atoms with Gasteiger partial charge >= 0.3 is 6.03 Å². The van der Waals surface area contributed by atoms with Crippen LogP contribution in [0.25, 0.3) is 0 Å². The summed E-state index contributed by atoms with van der Waals surface area (Å²) < 4.78 is 2.11. The quantitative estimate of drug-likeness (QED) is 0.672. The van der Waals surface area contributed by atoms with Crippen LogP contribution < -0.4 is 5.32 Å². The van der Waals surface area contributed by atoms with Crippen molar-refractivity contribution >= 4 is 6.03 Å². The van der Waals surface area contributed by atoms with Gasteiger partial charge in [0, 0.05) is 25.3 Å². The highest BCUT2D eigenvalue weighted by Crippen LogP contribution is 2.24. The fourth-order valence-corrected chi connectivity index (χ4v) is 4.29. The molecule has 0 saturated carbocycles. The first-order valence-corrected chi connectivity index (χ1v) is 10.8. The molecule has 0 atom stereocenters. The minimum absolute atomic E-state index is 0.0114. The smallest absolute Gasteiger partial charge is 0.318 e. The molecule has 1 aliphatic rings. The van der Waals surface area contributed by atoms with E-state index in [4.69, 9.17) is 0 Å². The summed E-state index contributed by atoms with van der Waals surface area (Å²) >= 11 is 0. The van der Waals surface area contributed by atoms with Crippen LogP contribution in [-0.4, -0.2) is 33.8 Å². The fourth-order valence-electron chi connectivity index (χ4n) is 4.29. The molecule has 156 valence electrons. The van der Waals surface area contributed by atoms with Gasteiger partial charge in [-0.1, -0.05) is 60.7 Å². The Hall–Kier alpha value is -3.08. The number of nitrogens with one attached hydrogen (secondary N) is 1. The van der Waals surface area contributed by atoms with Gasteiger partial charge in [-0.25, -0.2) is 4.79 Å². The zero-order valence-electron chi connectivity index (χ0n) is 17.8. The van der Waals surface area contributed by atoms with Crippen molar-refractivity contribution in [3.05, 3.63) is 89.2 Å². The van der Waals surface area contributed by atoms with E-state index in [1.54, 1.807) is 0 Å². The van der Waals surface area contributed by atoms with Crippen molar-refractivity contribution in [2.45, 2.75) is 39.3 Å². The number of urea groups is 1. The lowest BCUT2D eigenvalue weighted by atomic mass is 9.96. The summed E-state index contributed by atoms with van der Waals surface area (Å²) in [4.78, 5) is 15.0. The maximum Gasteiger partial charge on any atom is 0.318 e. The predicted octanol–water partition coefficient (Wildman–Crippen LogP) is 4.71. The van der Waals surface area contributed by atoms with E-state index >= 15 is 0 Å². The summed E-state index contributed by atoms with van der Waals surface area (Å²) in [5.74, 6) is 0.561. The van der Waals surface area contributed by atoms with Crippen molar-refractivity contribution in [3.8, 4) is 0 Å². The van der Waals surface area contributed by atoms with Crippen LogP contribution in [0.3, 0.4) is 0 Å². The molecule has 0 spiro atoms. The zero-order chi connectivity index (χ0) is 20.9. The fraction of sp³-hybridized carbons (Fsp3) is 0.360. The Bertz CT molecular complexity index is 920. The Morgan fingerprint density at radius 1 is 1.00 bits per heavy atom. The SMILES string of the molecule is Cc1cc(C)n(CC2CCN(C(=O)NC(c3ccccc3)c3ccccc3)CC2)n1. The second-order valence-electron chi connectivity index (χ2n) is 8.24. The second kappa shape index (κ2) is 9.16. The second-order valence-corrected chi connectivity index (χ2v) is 8.24. The number of amides is 2. The van der Waals surface area contributed by atoms with Crippen LogP contribution in [0.15, 0.2) is 66.7 Å². The van der Waals surface area contributed by atoms with E-state index < -0.39 is 0 Å². The first-order valence-electron chi connectivity index (χ1n) is 10.8. The van der Waals surface area contributed by atoms with Crippen LogP contribution >= 0.6 is 0 Å². The number of likely N-dealkylation sites (tertiary alicyclic amines) is 1. The first kappa shape index (κ1) is 20.2. The minimum atomic E-state index is -0.146. The largest absolute Gasteiger partial charge is 0.327 e. The molecule has 2 amide bonds. The van der Waals surface area contributed by atoms with E-state index in [1.165, 1.54) is 5.69 Å². The molecule has 2 heterocycles. The first-order chi connectivity index (χ1) is 14.6. The molecule has 1 saturated heterocycles. The van der Waals surface area contributed by atoms with Gasteiger partial charge in [-0.05, 0) is 49.8 Å². The van der Waals surface area contributed by atoms with Crippen molar-refractivity contribution in [1.29, 1.82) is 0 Å². The van der Waals surface area contributed by atoms with Gasteiger partial charge in [0.15, 0.2) is 0 Å². The Balaban J connectivity index is 1.39. The Kier molecular flexibility index (Phi) is 6.17. The van der Waals surface area contributed by atoms with Crippen molar-refractivity contribution < 1.29 is 4.79 Å². The normalized spacial score (nSPS) is 14.8. The van der Waals surface area contributed by atoms with Gasteiger partial charge in [-0.3, -0.25) is 4.68 Å². The molecule has 4 rings (SSSR count). The monoisotopic (exact) mass is 402 g/mol. The van der Waals surface area contributed by atoms with Crippen LogP contribution in [0, 0.1) is 19.8 Å². The van der Waals surface area contributed by atoms with Crippen molar-refractivity contribution in [3.63, 3.8) is 0 Å². The third kappa shape index (κ3) is 4.73. The van der Waals surface area contributed by atoms with Crippen LogP contribution in [0.4, 0.5) is 4.79 Å². The highest BCUT2D eigenvalue weighted by atomic mass is 16.2. The van der Waals surface area contributed by atoms with Crippen LogP contribution in [0.1, 0.15) is 41.4 Å². The lowest BCUT2D eigenvalue weighted by molar-refractivity contribution is 0.162. The number of hydrogen-bond acceptors (Lipinski definition) is 2. The molecule has 30 heavy (non-hydrogen) atoms. The molecule has 3 aromatic rings. The molecular formula is C25H30N4O. The lowest BCUT2D eigenvalue weighted by Crippen LogP contribution is -2.46. The van der Waals surface area contributed by atoms with Crippen molar-refractivity contribution in [1.82, 2.24) is 20.0 Å². The predicted molar refractivity (Wildman–Crippen MR) is 119 cm³/mol. The molecular weight excluding hydrogens is 372 g/mol. The van der Waals surface area contributed by atoms with Crippen LogP contribution in [0.2, 0.25) is 0 Å². The number of nitrogens with zero attached hydrogens (tertiary/aromatic N) is 3. The van der Waals surface area contributed by atoms with E-state index in [0.29, 0.717) is 5.92 Å². The highest BCUT2D eigenvalue weighted by molar-refractivity contribution is 5.75. The van der Waals surface area contributed by atoms with E-state index in [-0.39, 0.29) is 12.1 Å². The van der Waals surface area contributed by atoms with E-state index in [2.05, 4.69) is 52.4 Å². The van der Waals surface area contributed by atoms with Crippen LogP contribution in [0.5, 0.6) is 0 Å². The number of aromatic nitrogens is 2. The molecule has 0 bridgehead atoms. The van der Waals surface area contributed by atoms with E-state index in [0.717, 1.165) is 49.3 Å². The molecule has 1 aromatic heterocycles. The standard InChI is InChI=1S/C25H30N4O/c1-19-17-20(2)29(27-19)18-21-13-15-28(16-14-21)25(30)26-24(22-9-5-3-6-10-22)23-11-7-4-8-12-23/h3-12,17,21,24H,13-16,18H2,1-2H3,(H,26,30). The lowest BCUT2D eigenvalue weighted by Gasteiger charge is -2.33. The highest BCUT2D eigenvalue weighted by Gasteiger charge is 2.26. The number of hydrogen-bond donors (Lipinski definition) is 1. The Morgan fingerprint density at radius 2 is 1.57 bits per heavy atom. The number of aryl methyl sites for hydroxylation is 2. The van der Waals surface area contributed by atoms with Crippen LogP contribution in [-0.2, 0) is 6.54 Å². The third-order valence-corrected chi connectivity index (χ3v) is 5.97. The maximum absolute atomic E-state index is 13.1. The van der Waals surface area contributed by atoms with Gasteiger partial charge in [0.2, 0.25) is 0 Å². The Morgan fingerprint density at radius 3 is 2.07 bits per heavy atom. The summed E-state index contributed by atoms with van der Waals surface area (Å²) in [6.07, 6.45) is 2.01. The number of carbonyl (C=O) groups is 1. The van der Waals surface area contributed by atoms with Gasteiger partial charge in [-0.2, -0.15) is 5.10 Å². The van der Waals surface area contributed by atoms with E-state index in [9.17, 15) is 4.79 Å². The summed E-state index contributed by atoms with van der Waals surface area (Å²) in [5, 5.41) is 7.85. The molecule has 1 fully saturated rings. The topological polar surface area (TPSA) is 50.2 Å². The summed E-state index contributed by atoms with van der Waals surface area (Å²) in [7, 11) is 0. The summed E-state index contributed by atoms with van der Waals surface area (Å²) in [6.45, 7) is 6.65. The number of carbonyl (C=O) groups excluding carboxylic acids is 1. The minimum Gasteiger partial charge on any atom is -0.327 e. The van der Waals surface area contributed by atoms with Gasteiger partial charge in [-0.15, -0.1) is 0 Å². The molecule has 1 aliphatic heterocycles. The molecule has 0 aliphatic carbocycles. The van der Waals surface area contributed by atoms with Crippen molar-refractivity contribution in [2.75, 3.05) is 13.1 Å². The molecule has 0 radical (unpaired) electrons. The van der Waals surface area contributed by atoms with Gasteiger partial charge < -0.3 is 10.2 Å². The van der Waals surface area contributed by atoms with Gasteiger partial charge in [0.1, 0.15) is 0 Å². The summed E-state index contributed by atoms with van der Waals surface area (Å²) in [5.41, 5.74) is 4.46. The van der Waals surface area contributed by atoms with Gasteiger partial charge in [0.25, 0.3) is 0 Å². The average Bonchev–Trinajstić information content (AvgIpc) is 3.10. The summed E-state index contributed by atoms with van der Waals surface area (Å²) in [6, 6.07) is 22.3. The molecule has 5 heteroatoms. The van der Waals surface area contributed by atoms with Gasteiger partial charge in [0.05, 0.1) is 11.7 Å². The molecule has 0 unspecified atom stereocenters. The number of rotatable bonds is 5. The Labute approximate surface area is 178 Å². The van der Waals surface area contributed by atoms with E-state index in [1.807, 2.05) is 48.2 Å². The van der Waals surface area contributed by atoms with Crippen molar-refractivity contribution in [2.24, 2.45) is 5.92 Å². The molecule has 1 N–H and O–H groups in total. The number of piperidine rings is 1. The molecule has 5 nitrogen and oxygen atoms in total. The third-order valence-electron chi connectivity index (χ3n) is 5.97. The number of benzene rings is 2.